The molecule has 140 valence electrons. The van der Waals surface area contributed by atoms with E-state index >= 15 is 0 Å². The number of amides is 1. The molecule has 0 unspecified atom stereocenters. The van der Waals surface area contributed by atoms with Crippen LogP contribution in [0.3, 0.4) is 0 Å². The number of likely N-dealkylation sites (N-methyl/N-ethyl adjacent to an activating group) is 1. The fourth-order valence-electron chi connectivity index (χ4n) is 2.64. The summed E-state index contributed by atoms with van der Waals surface area (Å²) in [6.07, 6.45) is 0. The van der Waals surface area contributed by atoms with Gasteiger partial charge in [0.05, 0.1) is 25.4 Å². The van der Waals surface area contributed by atoms with Crippen LogP contribution in [0.4, 0.5) is 5.69 Å². The maximum absolute atomic E-state index is 12.6. The summed E-state index contributed by atoms with van der Waals surface area (Å²) in [6, 6.07) is 13.4. The summed E-state index contributed by atoms with van der Waals surface area (Å²) in [6.45, 7) is 7.17. The van der Waals surface area contributed by atoms with Crippen LogP contribution >= 0.6 is 0 Å². The molecule has 1 atom stereocenters. The SMILES string of the molecule is CCOc1ccc(CN(C)[C@H](C)C(=O)Nc2cc(C)ccc2OC)cc1. The van der Waals surface area contributed by atoms with Gasteiger partial charge in [0, 0.05) is 6.54 Å². The van der Waals surface area contributed by atoms with Crippen LogP contribution in [0, 0.1) is 6.92 Å². The summed E-state index contributed by atoms with van der Waals surface area (Å²) in [4.78, 5) is 14.6. The van der Waals surface area contributed by atoms with Crippen molar-refractivity contribution in [2.45, 2.75) is 33.4 Å². The molecule has 1 amide bonds. The number of ether oxygens (including phenoxy) is 2. The molecule has 5 nitrogen and oxygen atoms in total. The van der Waals surface area contributed by atoms with Crippen LogP contribution in [0.2, 0.25) is 0 Å². The standard InChI is InChI=1S/C21H28N2O3/c1-6-26-18-10-8-17(9-11-18)14-23(4)16(3)21(24)22-19-13-15(2)7-12-20(19)25-5/h7-13,16H,6,14H2,1-5H3,(H,22,24)/t16-/m1/s1. The summed E-state index contributed by atoms with van der Waals surface area (Å²) < 4.78 is 10.8. The first-order valence-electron chi connectivity index (χ1n) is 8.82. The van der Waals surface area contributed by atoms with E-state index in [1.165, 1.54) is 0 Å². The minimum Gasteiger partial charge on any atom is -0.495 e. The first-order chi connectivity index (χ1) is 12.4. The fraction of sp³-hybridized carbons (Fsp3) is 0.381. The lowest BCUT2D eigenvalue weighted by molar-refractivity contribution is -0.120. The van der Waals surface area contributed by atoms with E-state index in [-0.39, 0.29) is 11.9 Å². The molecule has 1 N–H and O–H groups in total. The summed E-state index contributed by atoms with van der Waals surface area (Å²) in [5, 5.41) is 2.97. The molecule has 0 saturated heterocycles. The molecule has 0 fully saturated rings. The zero-order chi connectivity index (χ0) is 19.1. The smallest absolute Gasteiger partial charge is 0.241 e. The van der Waals surface area contributed by atoms with E-state index < -0.39 is 0 Å². The number of carbonyl (C=O) groups excluding carboxylic acids is 1. The number of carbonyl (C=O) groups is 1. The van der Waals surface area contributed by atoms with Crippen LogP contribution in [-0.2, 0) is 11.3 Å². The van der Waals surface area contributed by atoms with Crippen molar-refractivity contribution in [2.24, 2.45) is 0 Å². The Morgan fingerprint density at radius 1 is 1.19 bits per heavy atom. The number of methoxy groups -OCH3 is 1. The average molecular weight is 356 g/mol. The predicted octanol–water partition coefficient (Wildman–Crippen LogP) is 3.86. The van der Waals surface area contributed by atoms with Crippen LogP contribution in [0.5, 0.6) is 11.5 Å². The van der Waals surface area contributed by atoms with Gasteiger partial charge in [0.1, 0.15) is 11.5 Å². The van der Waals surface area contributed by atoms with Gasteiger partial charge in [-0.1, -0.05) is 18.2 Å². The van der Waals surface area contributed by atoms with Crippen LogP contribution in [0.25, 0.3) is 0 Å². The van der Waals surface area contributed by atoms with Crippen LogP contribution in [0.15, 0.2) is 42.5 Å². The molecule has 0 heterocycles. The minimum atomic E-state index is -0.285. The molecule has 0 radical (unpaired) electrons. The zero-order valence-electron chi connectivity index (χ0n) is 16.2. The van der Waals surface area contributed by atoms with Crippen LogP contribution in [-0.4, -0.2) is 37.6 Å². The van der Waals surface area contributed by atoms with Gasteiger partial charge in [-0.3, -0.25) is 9.69 Å². The Morgan fingerprint density at radius 3 is 2.50 bits per heavy atom. The Labute approximate surface area is 155 Å². The fourth-order valence-corrected chi connectivity index (χ4v) is 2.64. The van der Waals surface area contributed by atoms with E-state index in [9.17, 15) is 4.79 Å². The molecule has 5 heteroatoms. The van der Waals surface area contributed by atoms with Crippen molar-refractivity contribution in [1.29, 1.82) is 0 Å². The van der Waals surface area contributed by atoms with Crippen molar-refractivity contribution in [3.63, 3.8) is 0 Å². The van der Waals surface area contributed by atoms with Crippen molar-refractivity contribution in [1.82, 2.24) is 4.90 Å². The lowest BCUT2D eigenvalue weighted by atomic mass is 10.1. The quantitative estimate of drug-likeness (QED) is 0.780. The summed E-state index contributed by atoms with van der Waals surface area (Å²) in [5.41, 5.74) is 2.89. The highest BCUT2D eigenvalue weighted by molar-refractivity contribution is 5.95. The van der Waals surface area contributed by atoms with Crippen molar-refractivity contribution in [3.8, 4) is 11.5 Å². The molecule has 26 heavy (non-hydrogen) atoms. The third-order valence-corrected chi connectivity index (χ3v) is 4.32. The zero-order valence-corrected chi connectivity index (χ0v) is 16.2. The van der Waals surface area contributed by atoms with Crippen LogP contribution < -0.4 is 14.8 Å². The highest BCUT2D eigenvalue weighted by Crippen LogP contribution is 2.25. The summed E-state index contributed by atoms with van der Waals surface area (Å²) >= 11 is 0. The lowest BCUT2D eigenvalue weighted by Gasteiger charge is -2.24. The number of aryl methyl sites for hydroxylation is 1. The largest absolute Gasteiger partial charge is 0.495 e. The van der Waals surface area contributed by atoms with Gasteiger partial charge in [0.15, 0.2) is 0 Å². The van der Waals surface area contributed by atoms with E-state index in [4.69, 9.17) is 9.47 Å². The lowest BCUT2D eigenvalue weighted by Crippen LogP contribution is -2.39. The van der Waals surface area contributed by atoms with E-state index in [1.54, 1.807) is 7.11 Å². The maximum atomic E-state index is 12.6. The summed E-state index contributed by atoms with van der Waals surface area (Å²) in [7, 11) is 3.54. The van der Waals surface area contributed by atoms with Crippen molar-refractivity contribution >= 4 is 11.6 Å². The number of hydrogen-bond acceptors (Lipinski definition) is 4. The van der Waals surface area contributed by atoms with Gasteiger partial charge in [0.25, 0.3) is 0 Å². The third kappa shape index (κ3) is 5.23. The second kappa shape index (κ2) is 9.25. The number of benzene rings is 2. The molecule has 0 bridgehead atoms. The van der Waals surface area contributed by atoms with Crippen molar-refractivity contribution < 1.29 is 14.3 Å². The van der Waals surface area contributed by atoms with Gasteiger partial charge >= 0.3 is 0 Å². The molecule has 0 aliphatic heterocycles. The Bertz CT molecular complexity index is 729. The van der Waals surface area contributed by atoms with Gasteiger partial charge in [-0.15, -0.1) is 0 Å². The predicted molar refractivity (Wildman–Crippen MR) is 105 cm³/mol. The van der Waals surface area contributed by atoms with Gasteiger partial charge in [-0.25, -0.2) is 0 Å². The van der Waals surface area contributed by atoms with Gasteiger partial charge in [-0.2, -0.15) is 0 Å². The molecule has 0 aromatic heterocycles. The number of anilines is 1. The molecule has 0 spiro atoms. The molecular formula is C21H28N2O3. The summed E-state index contributed by atoms with van der Waals surface area (Å²) in [5.74, 6) is 1.45. The molecule has 2 aromatic rings. The van der Waals surface area contributed by atoms with Gasteiger partial charge in [0.2, 0.25) is 5.91 Å². The maximum Gasteiger partial charge on any atom is 0.241 e. The molecule has 0 aliphatic carbocycles. The Morgan fingerprint density at radius 2 is 1.88 bits per heavy atom. The normalized spacial score (nSPS) is 11.9. The average Bonchev–Trinajstić information content (AvgIpc) is 2.63. The first-order valence-corrected chi connectivity index (χ1v) is 8.82. The van der Waals surface area contributed by atoms with Crippen molar-refractivity contribution in [2.75, 3.05) is 26.1 Å². The monoisotopic (exact) mass is 356 g/mol. The number of rotatable bonds is 8. The van der Waals surface area contributed by atoms with Gasteiger partial charge in [-0.05, 0) is 63.2 Å². The van der Waals surface area contributed by atoms with E-state index in [0.29, 0.717) is 24.6 Å². The molecule has 0 aliphatic rings. The highest BCUT2D eigenvalue weighted by atomic mass is 16.5. The second-order valence-electron chi connectivity index (χ2n) is 6.36. The topological polar surface area (TPSA) is 50.8 Å². The van der Waals surface area contributed by atoms with E-state index in [2.05, 4.69) is 5.32 Å². The van der Waals surface area contributed by atoms with E-state index in [0.717, 1.165) is 16.9 Å². The van der Waals surface area contributed by atoms with Crippen molar-refractivity contribution in [3.05, 3.63) is 53.6 Å². The minimum absolute atomic E-state index is 0.0673. The highest BCUT2D eigenvalue weighted by Gasteiger charge is 2.19. The molecular weight excluding hydrogens is 328 g/mol. The molecule has 2 aromatic carbocycles. The number of nitrogens with zero attached hydrogens (tertiary/aromatic N) is 1. The molecule has 0 saturated carbocycles. The van der Waals surface area contributed by atoms with Gasteiger partial charge < -0.3 is 14.8 Å². The molecule has 2 rings (SSSR count). The van der Waals surface area contributed by atoms with Crippen LogP contribution in [0.1, 0.15) is 25.0 Å². The number of hydrogen-bond donors (Lipinski definition) is 1. The Kier molecular flexibility index (Phi) is 7.04. The van der Waals surface area contributed by atoms with E-state index in [1.807, 2.05) is 75.2 Å². The number of nitrogens with one attached hydrogen (secondary N) is 1. The Balaban J connectivity index is 1.99. The second-order valence-corrected chi connectivity index (χ2v) is 6.36. The Hall–Kier alpha value is -2.53. The first kappa shape index (κ1) is 19.8. The third-order valence-electron chi connectivity index (χ3n) is 4.32.